The van der Waals surface area contributed by atoms with E-state index >= 15 is 0 Å². The Morgan fingerprint density at radius 1 is 0.438 bits per heavy atom. The van der Waals surface area contributed by atoms with Gasteiger partial charge in [0.15, 0.2) is 0 Å². The lowest BCUT2D eigenvalue weighted by molar-refractivity contribution is 0.589. The van der Waals surface area contributed by atoms with Crippen molar-refractivity contribution in [1.82, 2.24) is 0 Å². The SMILES string of the molecule is Cc1cc2c3c(c1)N(c1c(C)cc(C(C)(C)C)cc1C)c1c(sc4ccc(C(C)(C)C)cc14)B3c1ccc(N(c3cccc(-c4cc5ccccc5o4)c3)c3cccc(-c4cc5ccccc5o4)c3)cc1N2c1c(C)cccc1C. The fraction of sp³-hybridized carbons (Fsp3) is 0.178. The first kappa shape index (κ1) is 49.8. The molecule has 2 aliphatic rings. The highest BCUT2D eigenvalue weighted by atomic mass is 32.1. The summed E-state index contributed by atoms with van der Waals surface area (Å²) in [6, 6.07) is 69.4. The number of anilines is 9. The molecule has 0 saturated heterocycles. The van der Waals surface area contributed by atoms with Crippen LogP contribution in [0.25, 0.3) is 54.7 Å². The van der Waals surface area contributed by atoms with Gasteiger partial charge in [0.25, 0.3) is 6.71 Å². The van der Waals surface area contributed by atoms with Gasteiger partial charge in [-0.15, -0.1) is 11.3 Å². The van der Waals surface area contributed by atoms with Gasteiger partial charge in [-0.25, -0.2) is 0 Å². The average molecular weight is 1060 g/mol. The van der Waals surface area contributed by atoms with Crippen LogP contribution in [0.4, 0.5) is 51.2 Å². The molecular formula is C73H64BN3O2S. The Morgan fingerprint density at radius 2 is 0.975 bits per heavy atom. The molecule has 9 aromatic carbocycles. The van der Waals surface area contributed by atoms with Gasteiger partial charge in [0.05, 0.1) is 17.1 Å². The molecular weight excluding hydrogens is 994 g/mol. The van der Waals surface area contributed by atoms with Crippen molar-refractivity contribution in [3.05, 3.63) is 227 Å². The second-order valence-electron chi connectivity index (χ2n) is 24.5. The maximum absolute atomic E-state index is 6.55. The second kappa shape index (κ2) is 18.3. The van der Waals surface area contributed by atoms with Crippen molar-refractivity contribution in [3.8, 4) is 22.6 Å². The summed E-state index contributed by atoms with van der Waals surface area (Å²) in [5.74, 6) is 1.66. The summed E-state index contributed by atoms with van der Waals surface area (Å²) in [4.78, 5) is 7.69. The van der Waals surface area contributed by atoms with Gasteiger partial charge in [0, 0.05) is 70.9 Å². The first-order chi connectivity index (χ1) is 38.5. The van der Waals surface area contributed by atoms with Crippen molar-refractivity contribution in [2.24, 2.45) is 0 Å². The normalized spacial score (nSPS) is 13.1. The molecule has 0 radical (unpaired) electrons. The summed E-state index contributed by atoms with van der Waals surface area (Å²) in [5, 5.41) is 3.46. The molecule has 0 unspecified atom stereocenters. The highest BCUT2D eigenvalue weighted by Crippen LogP contribution is 2.52. The van der Waals surface area contributed by atoms with Crippen molar-refractivity contribution >= 4 is 117 Å². The zero-order chi connectivity index (χ0) is 55.1. The van der Waals surface area contributed by atoms with Crippen LogP contribution in [0, 0.1) is 34.6 Å². The molecule has 0 aliphatic carbocycles. The van der Waals surface area contributed by atoms with E-state index in [9.17, 15) is 0 Å². The van der Waals surface area contributed by atoms with E-state index in [0.29, 0.717) is 0 Å². The maximum atomic E-state index is 6.55. The number of rotatable bonds is 7. The van der Waals surface area contributed by atoms with Gasteiger partial charge in [0.1, 0.15) is 22.7 Å². The van der Waals surface area contributed by atoms with E-state index < -0.39 is 0 Å². The molecule has 0 spiro atoms. The van der Waals surface area contributed by atoms with Crippen LogP contribution in [0.5, 0.6) is 0 Å². The van der Waals surface area contributed by atoms with Crippen LogP contribution in [0.3, 0.4) is 0 Å². The van der Waals surface area contributed by atoms with Crippen molar-refractivity contribution < 1.29 is 8.83 Å². The van der Waals surface area contributed by atoms with Crippen LogP contribution in [-0.2, 0) is 10.8 Å². The Bertz CT molecular complexity index is 4280. The summed E-state index contributed by atoms with van der Waals surface area (Å²) in [6.45, 7) is 25.4. The quantitative estimate of drug-likeness (QED) is 0.149. The summed E-state index contributed by atoms with van der Waals surface area (Å²) in [7, 11) is 0. The highest BCUT2D eigenvalue weighted by molar-refractivity contribution is 7.33. The Kier molecular flexibility index (Phi) is 11.4. The maximum Gasteiger partial charge on any atom is 0.264 e. The second-order valence-corrected chi connectivity index (χ2v) is 25.6. The molecule has 0 atom stereocenters. The third-order valence-electron chi connectivity index (χ3n) is 16.8. The van der Waals surface area contributed by atoms with Crippen LogP contribution in [0.15, 0.2) is 197 Å². The van der Waals surface area contributed by atoms with Gasteiger partial charge in [-0.05, 0) is 180 Å². The third-order valence-corrected chi connectivity index (χ3v) is 18.0. The van der Waals surface area contributed by atoms with Gasteiger partial charge in [-0.3, -0.25) is 0 Å². The van der Waals surface area contributed by atoms with E-state index in [-0.39, 0.29) is 17.5 Å². The van der Waals surface area contributed by atoms with Gasteiger partial charge in [-0.1, -0.05) is 145 Å². The smallest absolute Gasteiger partial charge is 0.264 e. The van der Waals surface area contributed by atoms with E-state index in [0.717, 1.165) is 67.3 Å². The molecule has 5 heterocycles. The predicted molar refractivity (Wildman–Crippen MR) is 342 cm³/mol. The predicted octanol–water partition coefficient (Wildman–Crippen LogP) is 19.4. The first-order valence-corrected chi connectivity index (χ1v) is 28.9. The number of nitrogens with zero attached hydrogens (tertiary/aromatic N) is 3. The zero-order valence-corrected chi connectivity index (χ0v) is 48.4. The number of hydrogen-bond donors (Lipinski definition) is 0. The number of aryl methyl sites for hydroxylation is 5. The fourth-order valence-electron chi connectivity index (χ4n) is 12.9. The highest BCUT2D eigenvalue weighted by Gasteiger charge is 2.46. The molecule has 0 saturated carbocycles. The molecule has 5 nitrogen and oxygen atoms in total. The van der Waals surface area contributed by atoms with E-state index in [1.165, 1.54) is 93.2 Å². The van der Waals surface area contributed by atoms with Crippen LogP contribution in [0.2, 0.25) is 0 Å². The monoisotopic (exact) mass is 1060 g/mol. The average Bonchev–Trinajstić information content (AvgIpc) is 4.03. The molecule has 7 heteroatoms. The summed E-state index contributed by atoms with van der Waals surface area (Å²) < 4.78 is 15.8. The van der Waals surface area contributed by atoms with E-state index in [4.69, 9.17) is 8.83 Å². The topological polar surface area (TPSA) is 36.0 Å². The van der Waals surface area contributed by atoms with Crippen molar-refractivity contribution in [2.75, 3.05) is 14.7 Å². The molecule has 0 N–H and O–H groups in total. The van der Waals surface area contributed by atoms with E-state index in [1.807, 2.05) is 35.6 Å². The lowest BCUT2D eigenvalue weighted by Crippen LogP contribution is -2.60. The minimum absolute atomic E-state index is 0.00410. The lowest BCUT2D eigenvalue weighted by Gasteiger charge is -2.45. The zero-order valence-electron chi connectivity index (χ0n) is 47.5. The van der Waals surface area contributed by atoms with Gasteiger partial charge in [-0.2, -0.15) is 0 Å². The van der Waals surface area contributed by atoms with Crippen molar-refractivity contribution in [2.45, 2.75) is 87.0 Å². The fourth-order valence-corrected chi connectivity index (χ4v) is 14.2. The minimum atomic E-state index is -0.0531. The lowest BCUT2D eigenvalue weighted by atomic mass is 9.36. The Hall–Kier alpha value is -8.52. The van der Waals surface area contributed by atoms with Crippen LogP contribution in [-0.4, -0.2) is 6.71 Å². The molecule has 14 rings (SSSR count). The third kappa shape index (κ3) is 8.03. The molecule has 0 bridgehead atoms. The van der Waals surface area contributed by atoms with Crippen LogP contribution >= 0.6 is 11.3 Å². The number of fused-ring (bicyclic) bond motifs is 8. The summed E-state index contributed by atoms with van der Waals surface area (Å²) in [6.07, 6.45) is 0. The van der Waals surface area contributed by atoms with Crippen molar-refractivity contribution in [1.29, 1.82) is 0 Å². The largest absolute Gasteiger partial charge is 0.456 e. The molecule has 0 fully saturated rings. The Labute approximate surface area is 474 Å². The minimum Gasteiger partial charge on any atom is -0.456 e. The molecule has 12 aromatic rings. The molecule has 0 amide bonds. The molecule has 2 aliphatic heterocycles. The van der Waals surface area contributed by atoms with Gasteiger partial charge >= 0.3 is 0 Å². The Balaban J connectivity index is 1.04. The molecule has 3 aromatic heterocycles. The van der Waals surface area contributed by atoms with E-state index in [1.54, 1.807) is 0 Å². The van der Waals surface area contributed by atoms with Gasteiger partial charge < -0.3 is 23.5 Å². The van der Waals surface area contributed by atoms with Crippen LogP contribution < -0.4 is 30.4 Å². The number of benzene rings is 9. The number of para-hydroxylation sites is 3. The summed E-state index contributed by atoms with van der Waals surface area (Å²) in [5.41, 5.74) is 25.7. The summed E-state index contributed by atoms with van der Waals surface area (Å²) >= 11 is 1.96. The molecule has 80 heavy (non-hydrogen) atoms. The number of furan rings is 2. The van der Waals surface area contributed by atoms with Gasteiger partial charge in [0.2, 0.25) is 0 Å². The number of thiophene rings is 1. The Morgan fingerprint density at radius 3 is 1.55 bits per heavy atom. The first-order valence-electron chi connectivity index (χ1n) is 28.1. The standard InChI is InChI=1S/C73H64BN3O2S/c1-43-33-60-67-61(34-43)77(69-46(4)35-53(36-47(69)5)73(9,10)11)70-57-41-52(72(6,7)8)29-32-66(57)80-71(70)74(67)58-31-30-56(42-59(58)76(60)68-44(2)19-16-20-45(68)3)75(54-25-17-23-48(37-54)64-39-50-21-12-14-27-62(50)78-64)55-26-18-24-49(38-55)65-40-51-22-13-15-28-63(51)79-65/h12-42H,1-11H3. The van der Waals surface area contributed by atoms with E-state index in [2.05, 4.69) is 255 Å². The van der Waals surface area contributed by atoms with Crippen molar-refractivity contribution in [3.63, 3.8) is 0 Å². The number of hydrogen-bond acceptors (Lipinski definition) is 6. The van der Waals surface area contributed by atoms with Crippen LogP contribution in [0.1, 0.15) is 80.5 Å². The molecule has 392 valence electrons.